The van der Waals surface area contributed by atoms with Gasteiger partial charge in [0.1, 0.15) is 16.9 Å². The van der Waals surface area contributed by atoms with Crippen molar-refractivity contribution in [3.05, 3.63) is 58.7 Å². The lowest BCUT2D eigenvalue weighted by molar-refractivity contribution is -0.141. The molecule has 3 N–H and O–H groups in total. The number of phenolic OH excluding ortho intramolecular Hbond substituents is 2. The Morgan fingerprint density at radius 1 is 0.852 bits per heavy atom. The SMILES string of the molecule is CC(C)Cc1cc(C(C)(C(=O)O)c2ccc(O)c(CC(C)C)c2)ccc1O. The smallest absolute Gasteiger partial charge is 0.318 e. The van der Waals surface area contributed by atoms with Crippen LogP contribution in [0.15, 0.2) is 36.4 Å². The van der Waals surface area contributed by atoms with Crippen molar-refractivity contribution >= 4 is 5.97 Å². The third-order valence-corrected chi connectivity index (χ3v) is 5.00. The van der Waals surface area contributed by atoms with Crippen molar-refractivity contribution < 1.29 is 20.1 Å². The molecule has 0 aromatic heterocycles. The Labute approximate surface area is 161 Å². The summed E-state index contributed by atoms with van der Waals surface area (Å²) in [6, 6.07) is 10.1. The van der Waals surface area contributed by atoms with Crippen molar-refractivity contribution in [2.24, 2.45) is 11.8 Å². The third-order valence-electron chi connectivity index (χ3n) is 5.00. The highest BCUT2D eigenvalue weighted by molar-refractivity contribution is 5.86. The van der Waals surface area contributed by atoms with Gasteiger partial charge in [-0.1, -0.05) is 52.0 Å². The Bertz CT molecular complexity index is 762. The monoisotopic (exact) mass is 370 g/mol. The van der Waals surface area contributed by atoms with Gasteiger partial charge in [0, 0.05) is 0 Å². The lowest BCUT2D eigenvalue weighted by Crippen LogP contribution is -2.34. The summed E-state index contributed by atoms with van der Waals surface area (Å²) < 4.78 is 0. The molecule has 2 rings (SSSR count). The molecule has 0 atom stereocenters. The van der Waals surface area contributed by atoms with Crippen LogP contribution >= 0.6 is 0 Å². The van der Waals surface area contributed by atoms with Gasteiger partial charge in [0.15, 0.2) is 0 Å². The molecule has 0 heterocycles. The molecule has 4 heteroatoms. The molecular formula is C23H30O4. The molecule has 0 amide bonds. The summed E-state index contributed by atoms with van der Waals surface area (Å²) in [5.41, 5.74) is 1.44. The standard InChI is InChI=1S/C23H30O4/c1-14(2)10-16-12-18(6-8-20(16)24)23(5,22(26)27)19-7-9-21(25)17(13-19)11-15(3)4/h6-9,12-15,24-25H,10-11H2,1-5H3,(H,26,27). The van der Waals surface area contributed by atoms with Gasteiger partial charge in [-0.05, 0) is 66.0 Å². The summed E-state index contributed by atoms with van der Waals surface area (Å²) in [5.74, 6) is 0.0877. The second kappa shape index (κ2) is 8.03. The third kappa shape index (κ3) is 4.44. The van der Waals surface area contributed by atoms with Gasteiger partial charge in [0.25, 0.3) is 0 Å². The van der Waals surface area contributed by atoms with Gasteiger partial charge >= 0.3 is 5.97 Å². The maximum Gasteiger partial charge on any atom is 0.318 e. The predicted octanol–water partition coefficient (Wildman–Crippen LogP) is 4.89. The van der Waals surface area contributed by atoms with Crippen LogP contribution in [0.1, 0.15) is 56.9 Å². The van der Waals surface area contributed by atoms with Crippen molar-refractivity contribution in [1.82, 2.24) is 0 Å². The first-order chi connectivity index (χ1) is 12.6. The maximum atomic E-state index is 12.3. The van der Waals surface area contributed by atoms with E-state index in [1.54, 1.807) is 43.3 Å². The zero-order valence-corrected chi connectivity index (χ0v) is 16.8. The lowest BCUT2D eigenvalue weighted by Gasteiger charge is -2.28. The molecule has 0 saturated carbocycles. The summed E-state index contributed by atoms with van der Waals surface area (Å²) in [4.78, 5) is 12.3. The molecule has 0 aliphatic carbocycles. The molecule has 0 bridgehead atoms. The molecule has 0 spiro atoms. The van der Waals surface area contributed by atoms with Gasteiger partial charge in [0.2, 0.25) is 0 Å². The van der Waals surface area contributed by atoms with Crippen LogP contribution in [-0.4, -0.2) is 21.3 Å². The highest BCUT2D eigenvalue weighted by atomic mass is 16.4. The minimum atomic E-state index is -1.28. The fraction of sp³-hybridized carbons (Fsp3) is 0.435. The second-order valence-electron chi connectivity index (χ2n) is 8.31. The Kier molecular flexibility index (Phi) is 6.19. The number of hydrogen-bond donors (Lipinski definition) is 3. The summed E-state index contributed by atoms with van der Waals surface area (Å²) in [5, 5.41) is 30.4. The molecule has 27 heavy (non-hydrogen) atoms. The first kappa shape index (κ1) is 20.8. The van der Waals surface area contributed by atoms with Gasteiger partial charge in [-0.3, -0.25) is 4.79 Å². The van der Waals surface area contributed by atoms with Gasteiger partial charge in [-0.25, -0.2) is 0 Å². The summed E-state index contributed by atoms with van der Waals surface area (Å²) >= 11 is 0. The van der Waals surface area contributed by atoms with Crippen molar-refractivity contribution in [2.45, 2.75) is 52.9 Å². The summed E-state index contributed by atoms with van der Waals surface area (Å²) in [6.45, 7) is 9.90. The molecular weight excluding hydrogens is 340 g/mol. The molecule has 2 aromatic carbocycles. The molecule has 0 unspecified atom stereocenters. The zero-order chi connectivity index (χ0) is 20.4. The van der Waals surface area contributed by atoms with Crippen LogP contribution in [0.5, 0.6) is 11.5 Å². The van der Waals surface area contributed by atoms with Crippen LogP contribution in [0.25, 0.3) is 0 Å². The number of rotatable bonds is 7. The van der Waals surface area contributed by atoms with Crippen molar-refractivity contribution in [3.8, 4) is 11.5 Å². The number of hydrogen-bond acceptors (Lipinski definition) is 3. The average Bonchev–Trinajstić information content (AvgIpc) is 2.57. The van der Waals surface area contributed by atoms with E-state index < -0.39 is 11.4 Å². The minimum Gasteiger partial charge on any atom is -0.508 e. The molecule has 0 radical (unpaired) electrons. The number of carbonyl (C=O) groups is 1. The normalized spacial score (nSPS) is 12.0. The molecule has 0 fully saturated rings. The van der Waals surface area contributed by atoms with Gasteiger partial charge < -0.3 is 15.3 Å². The van der Waals surface area contributed by atoms with E-state index in [9.17, 15) is 20.1 Å². The number of carboxylic acid groups (broad SMARTS) is 1. The predicted molar refractivity (Wildman–Crippen MR) is 107 cm³/mol. The van der Waals surface area contributed by atoms with Crippen LogP contribution in [0.2, 0.25) is 0 Å². The van der Waals surface area contributed by atoms with E-state index in [0.29, 0.717) is 35.8 Å². The summed E-state index contributed by atoms with van der Waals surface area (Å²) in [7, 11) is 0. The average molecular weight is 370 g/mol. The van der Waals surface area contributed by atoms with Crippen LogP contribution in [0.3, 0.4) is 0 Å². The molecule has 0 saturated heterocycles. The fourth-order valence-corrected chi connectivity index (χ4v) is 3.41. The molecule has 0 aliphatic rings. The number of benzene rings is 2. The van der Waals surface area contributed by atoms with Crippen molar-refractivity contribution in [1.29, 1.82) is 0 Å². The second-order valence-corrected chi connectivity index (χ2v) is 8.31. The van der Waals surface area contributed by atoms with E-state index in [2.05, 4.69) is 27.7 Å². The molecule has 0 aliphatic heterocycles. The van der Waals surface area contributed by atoms with Crippen molar-refractivity contribution in [3.63, 3.8) is 0 Å². The number of carboxylic acids is 1. The van der Waals surface area contributed by atoms with E-state index in [1.807, 2.05) is 0 Å². The molecule has 4 nitrogen and oxygen atoms in total. The van der Waals surface area contributed by atoms with Crippen LogP contribution < -0.4 is 0 Å². The first-order valence-electron chi connectivity index (χ1n) is 9.43. The zero-order valence-electron chi connectivity index (χ0n) is 16.8. The minimum absolute atomic E-state index is 0.186. The Hall–Kier alpha value is -2.49. The number of phenols is 2. The van der Waals surface area contributed by atoms with Crippen LogP contribution in [-0.2, 0) is 23.1 Å². The van der Waals surface area contributed by atoms with E-state index in [0.717, 1.165) is 11.1 Å². The van der Waals surface area contributed by atoms with Crippen LogP contribution in [0, 0.1) is 11.8 Å². The summed E-state index contributed by atoms with van der Waals surface area (Å²) in [6.07, 6.45) is 1.34. The lowest BCUT2D eigenvalue weighted by atomic mass is 9.74. The van der Waals surface area contributed by atoms with E-state index in [1.165, 1.54) is 0 Å². The molecule has 2 aromatic rings. The quantitative estimate of drug-likeness (QED) is 0.649. The van der Waals surface area contributed by atoms with E-state index >= 15 is 0 Å². The highest BCUT2D eigenvalue weighted by Gasteiger charge is 2.38. The van der Waals surface area contributed by atoms with Gasteiger partial charge in [-0.2, -0.15) is 0 Å². The first-order valence-corrected chi connectivity index (χ1v) is 9.43. The fourth-order valence-electron chi connectivity index (χ4n) is 3.41. The van der Waals surface area contributed by atoms with Gasteiger partial charge in [-0.15, -0.1) is 0 Å². The number of aliphatic carboxylic acids is 1. The Morgan fingerprint density at radius 3 is 1.52 bits per heavy atom. The number of aromatic hydroxyl groups is 2. The molecule has 146 valence electrons. The Balaban J connectivity index is 2.61. The van der Waals surface area contributed by atoms with Crippen molar-refractivity contribution in [2.75, 3.05) is 0 Å². The van der Waals surface area contributed by atoms with E-state index in [4.69, 9.17) is 0 Å². The van der Waals surface area contributed by atoms with E-state index in [-0.39, 0.29) is 11.5 Å². The van der Waals surface area contributed by atoms with Gasteiger partial charge in [0.05, 0.1) is 0 Å². The largest absolute Gasteiger partial charge is 0.508 e. The Morgan fingerprint density at radius 2 is 1.22 bits per heavy atom. The maximum absolute atomic E-state index is 12.3. The highest BCUT2D eigenvalue weighted by Crippen LogP contribution is 2.37. The van der Waals surface area contributed by atoms with Crippen LogP contribution in [0.4, 0.5) is 0 Å². The topological polar surface area (TPSA) is 77.8 Å².